The molecule has 3 rings (SSSR count). The number of hydrogen-bond donors (Lipinski definition) is 1. The molecule has 1 heterocycles. The molecule has 1 atom stereocenters. The number of nitrogens with zero attached hydrogens (tertiary/aromatic N) is 2. The van der Waals surface area contributed by atoms with E-state index in [0.717, 1.165) is 30.7 Å². The average Bonchev–Trinajstić information content (AvgIpc) is 2.82. The van der Waals surface area contributed by atoms with Crippen LogP contribution in [0.1, 0.15) is 35.7 Å². The number of hydrogen-bond acceptors (Lipinski definition) is 3. The van der Waals surface area contributed by atoms with E-state index in [4.69, 9.17) is 10.5 Å². The number of ether oxygens (including phenoxy) is 1. The zero-order chi connectivity index (χ0) is 13.2. The van der Waals surface area contributed by atoms with Crippen LogP contribution in [0.4, 0.5) is 0 Å². The topological polar surface area (TPSA) is 53.1 Å². The van der Waals surface area contributed by atoms with Gasteiger partial charge in [0.15, 0.2) is 0 Å². The van der Waals surface area contributed by atoms with E-state index < -0.39 is 0 Å². The van der Waals surface area contributed by atoms with Crippen molar-refractivity contribution in [1.82, 2.24) is 9.78 Å². The lowest BCUT2D eigenvalue weighted by atomic mass is 9.88. The van der Waals surface area contributed by atoms with Crippen molar-refractivity contribution in [3.63, 3.8) is 0 Å². The second-order valence-electron chi connectivity index (χ2n) is 5.13. The van der Waals surface area contributed by atoms with E-state index in [-0.39, 0.29) is 6.04 Å². The van der Waals surface area contributed by atoms with Crippen molar-refractivity contribution in [3.8, 4) is 5.75 Å². The summed E-state index contributed by atoms with van der Waals surface area (Å²) < 4.78 is 7.57. The van der Waals surface area contributed by atoms with Gasteiger partial charge in [0.05, 0.1) is 5.69 Å². The zero-order valence-electron chi connectivity index (χ0n) is 11.2. The highest BCUT2D eigenvalue weighted by Crippen LogP contribution is 2.30. The van der Waals surface area contributed by atoms with E-state index in [2.05, 4.69) is 17.2 Å². The van der Waals surface area contributed by atoms with Gasteiger partial charge in [-0.3, -0.25) is 4.68 Å². The summed E-state index contributed by atoms with van der Waals surface area (Å²) in [5, 5.41) is 4.30. The molecule has 1 aliphatic rings. The molecule has 1 aliphatic carbocycles. The molecule has 2 N–H and O–H groups in total. The molecular formula is C15H19N3O. The van der Waals surface area contributed by atoms with Gasteiger partial charge in [0.2, 0.25) is 0 Å². The Morgan fingerprint density at radius 1 is 1.42 bits per heavy atom. The number of fused-ring (bicyclic) bond motifs is 1. The molecule has 0 saturated heterocycles. The summed E-state index contributed by atoms with van der Waals surface area (Å²) in [6.07, 6.45) is 5.27. The lowest BCUT2D eigenvalue weighted by Crippen LogP contribution is -2.17. The second kappa shape index (κ2) is 5.05. The maximum absolute atomic E-state index is 6.11. The van der Waals surface area contributed by atoms with Crippen LogP contribution in [0.5, 0.6) is 5.75 Å². The van der Waals surface area contributed by atoms with Crippen LogP contribution in [0.15, 0.2) is 30.5 Å². The van der Waals surface area contributed by atoms with E-state index in [1.54, 1.807) is 4.68 Å². The summed E-state index contributed by atoms with van der Waals surface area (Å²) in [5.41, 5.74) is 9.66. The highest BCUT2D eigenvalue weighted by molar-refractivity contribution is 5.38. The lowest BCUT2D eigenvalue weighted by molar-refractivity contribution is 0.299. The Labute approximate surface area is 113 Å². The fraction of sp³-hybridized carbons (Fsp3) is 0.400. The highest BCUT2D eigenvalue weighted by Gasteiger charge is 2.17. The summed E-state index contributed by atoms with van der Waals surface area (Å²) in [6, 6.07) is 8.39. The normalized spacial score (nSPS) is 18.1. The van der Waals surface area contributed by atoms with Gasteiger partial charge in [-0.25, -0.2) is 0 Å². The van der Waals surface area contributed by atoms with Gasteiger partial charge in [0, 0.05) is 19.3 Å². The van der Waals surface area contributed by atoms with Crippen LogP contribution >= 0.6 is 0 Å². The molecule has 0 saturated carbocycles. The highest BCUT2D eigenvalue weighted by atomic mass is 16.5. The first-order chi connectivity index (χ1) is 9.22. The third-order valence-electron chi connectivity index (χ3n) is 3.63. The van der Waals surface area contributed by atoms with E-state index in [0.29, 0.717) is 6.61 Å². The molecule has 2 aromatic rings. The third-order valence-corrected chi connectivity index (χ3v) is 3.63. The Morgan fingerprint density at radius 2 is 2.32 bits per heavy atom. The van der Waals surface area contributed by atoms with Gasteiger partial charge in [-0.1, -0.05) is 6.07 Å². The van der Waals surface area contributed by atoms with Gasteiger partial charge in [0.25, 0.3) is 0 Å². The fourth-order valence-corrected chi connectivity index (χ4v) is 2.62. The van der Waals surface area contributed by atoms with Crippen molar-refractivity contribution < 1.29 is 4.74 Å². The Balaban J connectivity index is 1.72. The molecule has 0 aliphatic heterocycles. The zero-order valence-corrected chi connectivity index (χ0v) is 11.2. The molecule has 4 nitrogen and oxygen atoms in total. The Hall–Kier alpha value is -1.81. The minimum Gasteiger partial charge on any atom is -0.487 e. The van der Waals surface area contributed by atoms with Crippen LogP contribution in [0.3, 0.4) is 0 Å². The molecule has 0 amide bonds. The molecular weight excluding hydrogens is 238 g/mol. The van der Waals surface area contributed by atoms with Crippen LogP contribution < -0.4 is 10.5 Å². The monoisotopic (exact) mass is 257 g/mol. The van der Waals surface area contributed by atoms with Crippen LogP contribution in [0.2, 0.25) is 0 Å². The number of nitrogens with two attached hydrogens (primary N) is 1. The largest absolute Gasteiger partial charge is 0.487 e. The molecule has 0 fully saturated rings. The number of aryl methyl sites for hydroxylation is 2. The predicted octanol–water partition coefficient (Wildman–Crippen LogP) is 2.34. The second-order valence-corrected chi connectivity index (χ2v) is 5.13. The molecule has 100 valence electrons. The van der Waals surface area contributed by atoms with Crippen molar-refractivity contribution in [2.45, 2.75) is 31.9 Å². The van der Waals surface area contributed by atoms with E-state index in [9.17, 15) is 0 Å². The van der Waals surface area contributed by atoms with E-state index in [1.807, 2.05) is 25.4 Å². The quantitative estimate of drug-likeness (QED) is 0.918. The molecule has 1 aromatic heterocycles. The summed E-state index contributed by atoms with van der Waals surface area (Å²) in [5.74, 6) is 0.901. The van der Waals surface area contributed by atoms with Crippen molar-refractivity contribution in [3.05, 3.63) is 47.3 Å². The van der Waals surface area contributed by atoms with Crippen LogP contribution in [-0.4, -0.2) is 9.78 Å². The summed E-state index contributed by atoms with van der Waals surface area (Å²) >= 11 is 0. The van der Waals surface area contributed by atoms with Crippen molar-refractivity contribution >= 4 is 0 Å². The maximum Gasteiger partial charge on any atom is 0.132 e. The van der Waals surface area contributed by atoms with Gasteiger partial charge in [-0.2, -0.15) is 5.10 Å². The van der Waals surface area contributed by atoms with Gasteiger partial charge in [0.1, 0.15) is 12.4 Å². The van der Waals surface area contributed by atoms with Crippen molar-refractivity contribution in [1.29, 1.82) is 0 Å². The van der Waals surface area contributed by atoms with Gasteiger partial charge in [-0.15, -0.1) is 0 Å². The van der Waals surface area contributed by atoms with Crippen molar-refractivity contribution in [2.24, 2.45) is 12.8 Å². The maximum atomic E-state index is 6.11. The third kappa shape index (κ3) is 2.63. The standard InChI is InChI=1S/C15H19N3O/c1-18-8-7-12(17-18)10-19-13-5-6-14-11(9-13)3-2-4-15(14)16/h5-9,15H,2-4,10,16H2,1H3. The number of rotatable bonds is 3. The summed E-state index contributed by atoms with van der Waals surface area (Å²) in [6.45, 7) is 0.506. The van der Waals surface area contributed by atoms with Gasteiger partial charge in [-0.05, 0) is 48.6 Å². The average molecular weight is 257 g/mol. The minimum absolute atomic E-state index is 0.189. The molecule has 19 heavy (non-hydrogen) atoms. The predicted molar refractivity (Wildman–Crippen MR) is 73.8 cm³/mol. The van der Waals surface area contributed by atoms with E-state index in [1.165, 1.54) is 11.1 Å². The summed E-state index contributed by atoms with van der Waals surface area (Å²) in [7, 11) is 1.91. The number of aromatic nitrogens is 2. The SMILES string of the molecule is Cn1ccc(COc2ccc3c(c2)CCCC3N)n1. The summed E-state index contributed by atoms with van der Waals surface area (Å²) in [4.78, 5) is 0. The van der Waals surface area contributed by atoms with Crippen LogP contribution in [0.25, 0.3) is 0 Å². The molecule has 0 bridgehead atoms. The first kappa shape index (κ1) is 12.2. The smallest absolute Gasteiger partial charge is 0.132 e. The number of benzene rings is 1. The molecule has 0 radical (unpaired) electrons. The van der Waals surface area contributed by atoms with Gasteiger partial charge >= 0.3 is 0 Å². The van der Waals surface area contributed by atoms with Crippen molar-refractivity contribution in [2.75, 3.05) is 0 Å². The molecule has 4 heteroatoms. The Kier molecular flexibility index (Phi) is 3.25. The molecule has 1 unspecified atom stereocenters. The molecule has 1 aromatic carbocycles. The first-order valence-electron chi connectivity index (χ1n) is 6.72. The minimum atomic E-state index is 0.189. The van der Waals surface area contributed by atoms with E-state index >= 15 is 0 Å². The fourth-order valence-electron chi connectivity index (χ4n) is 2.62. The Morgan fingerprint density at radius 3 is 3.11 bits per heavy atom. The lowest BCUT2D eigenvalue weighted by Gasteiger charge is -2.22. The molecule has 0 spiro atoms. The van der Waals surface area contributed by atoms with Crippen LogP contribution in [-0.2, 0) is 20.1 Å². The van der Waals surface area contributed by atoms with Gasteiger partial charge < -0.3 is 10.5 Å². The Bertz CT molecular complexity index is 577. The first-order valence-corrected chi connectivity index (χ1v) is 6.72. The van der Waals surface area contributed by atoms with Crippen LogP contribution in [0, 0.1) is 0 Å².